The van der Waals surface area contributed by atoms with Crippen molar-refractivity contribution in [3.8, 4) is 39.9 Å². The number of fused-ring (bicyclic) bond motifs is 13. The summed E-state index contributed by atoms with van der Waals surface area (Å²) in [6.45, 7) is 0. The molecule has 59 heavy (non-hydrogen) atoms. The summed E-state index contributed by atoms with van der Waals surface area (Å²) in [5.41, 5.74) is 9.33. The topological polar surface area (TPSA) is 69.9 Å². The summed E-state index contributed by atoms with van der Waals surface area (Å²) in [7, 11) is 0. The fourth-order valence-corrected chi connectivity index (χ4v) is 9.11. The van der Waals surface area contributed by atoms with Crippen LogP contribution in [0.4, 0.5) is 0 Å². The van der Waals surface area contributed by atoms with Crippen LogP contribution in [0.15, 0.2) is 191 Å². The van der Waals surface area contributed by atoms with Crippen LogP contribution in [0.1, 0.15) is 0 Å². The lowest BCUT2D eigenvalue weighted by Crippen LogP contribution is -2.01. The zero-order valence-corrected chi connectivity index (χ0v) is 31.4. The van der Waals surface area contributed by atoms with Gasteiger partial charge in [0.05, 0.1) is 16.4 Å². The van der Waals surface area contributed by atoms with Crippen LogP contribution in [0.3, 0.4) is 0 Å². The number of aromatic nitrogens is 4. The first-order valence-electron chi connectivity index (χ1n) is 19.8. The molecule has 6 heteroatoms. The molecule has 6 nitrogen and oxygen atoms in total. The Morgan fingerprint density at radius 3 is 1.92 bits per heavy atom. The number of furan rings is 2. The van der Waals surface area contributed by atoms with Crippen molar-refractivity contribution in [1.29, 1.82) is 0 Å². The average molecular weight is 755 g/mol. The molecule has 274 valence electrons. The Morgan fingerprint density at radius 1 is 0.373 bits per heavy atom. The first-order valence-corrected chi connectivity index (χ1v) is 19.8. The van der Waals surface area contributed by atoms with E-state index in [1.54, 1.807) is 0 Å². The van der Waals surface area contributed by atoms with Gasteiger partial charge in [-0.1, -0.05) is 121 Å². The SMILES string of the molecule is c1ccc(-c2nc(-c3ccc4ccccc4c3)nc(-c3cc4c5ccccc5oc4c4ccc(-n5c6ccccc6c6ccc7oc8ccccc8c7c65)cc34)n2)cc1. The zero-order chi connectivity index (χ0) is 38.6. The molecule has 0 aliphatic carbocycles. The largest absolute Gasteiger partial charge is 0.456 e. The third-order valence-electron chi connectivity index (χ3n) is 11.8. The van der Waals surface area contributed by atoms with Crippen LogP contribution in [0.5, 0.6) is 0 Å². The fraction of sp³-hybridized carbons (Fsp3) is 0. The van der Waals surface area contributed by atoms with E-state index in [1.807, 2.05) is 42.5 Å². The lowest BCUT2D eigenvalue weighted by molar-refractivity contribution is 0.669. The number of hydrogen-bond acceptors (Lipinski definition) is 5. The van der Waals surface area contributed by atoms with E-state index in [9.17, 15) is 0 Å². The number of benzene rings is 9. The average Bonchev–Trinajstić information content (AvgIpc) is 3.98. The minimum Gasteiger partial charge on any atom is -0.456 e. The molecule has 4 heterocycles. The summed E-state index contributed by atoms with van der Waals surface area (Å²) >= 11 is 0. The highest BCUT2D eigenvalue weighted by atomic mass is 16.3. The van der Waals surface area contributed by atoms with Crippen LogP contribution < -0.4 is 0 Å². The first kappa shape index (κ1) is 32.0. The summed E-state index contributed by atoms with van der Waals surface area (Å²) in [6.07, 6.45) is 0. The smallest absolute Gasteiger partial charge is 0.164 e. The molecule has 0 N–H and O–H groups in total. The highest BCUT2D eigenvalue weighted by Crippen LogP contribution is 2.44. The van der Waals surface area contributed by atoms with Crippen molar-refractivity contribution >= 4 is 87.2 Å². The molecule has 4 aromatic heterocycles. The van der Waals surface area contributed by atoms with Gasteiger partial charge in [0.2, 0.25) is 0 Å². The van der Waals surface area contributed by atoms with E-state index in [2.05, 4.69) is 144 Å². The highest BCUT2D eigenvalue weighted by molar-refractivity contribution is 6.25. The minimum absolute atomic E-state index is 0.585. The summed E-state index contributed by atoms with van der Waals surface area (Å²) in [5.74, 6) is 1.80. The van der Waals surface area contributed by atoms with E-state index < -0.39 is 0 Å². The van der Waals surface area contributed by atoms with Gasteiger partial charge in [-0.3, -0.25) is 0 Å². The van der Waals surface area contributed by atoms with Crippen LogP contribution in [-0.4, -0.2) is 19.5 Å². The van der Waals surface area contributed by atoms with Gasteiger partial charge < -0.3 is 13.4 Å². The predicted molar refractivity (Wildman–Crippen MR) is 240 cm³/mol. The standard InChI is InChI=1S/C53H30N4O2/c1-2-13-32(14-3-1)51-54-52(34-23-22-31-12-4-5-15-33(31)28-34)56-53(55-51)43-30-42-37-17-7-10-20-45(37)59-50(42)39-25-24-35(29-41(39)43)57-44-19-9-6-16-36(44)38-26-27-47-48(49(38)57)40-18-8-11-21-46(40)58-47/h1-30H. The third kappa shape index (κ3) is 4.77. The zero-order valence-electron chi connectivity index (χ0n) is 31.4. The van der Waals surface area contributed by atoms with E-state index in [1.165, 1.54) is 5.39 Å². The molecule has 0 aliphatic rings. The Hall–Kier alpha value is -8.09. The maximum atomic E-state index is 6.68. The molecule has 0 spiro atoms. The molecule has 9 aromatic carbocycles. The summed E-state index contributed by atoms with van der Waals surface area (Å²) in [5, 5.41) is 10.8. The molecule has 0 radical (unpaired) electrons. The van der Waals surface area contributed by atoms with Gasteiger partial charge in [-0.25, -0.2) is 15.0 Å². The van der Waals surface area contributed by atoms with Gasteiger partial charge in [0, 0.05) is 54.7 Å². The highest BCUT2D eigenvalue weighted by Gasteiger charge is 2.23. The second kappa shape index (κ2) is 12.2. The molecule has 13 aromatic rings. The molecular weight excluding hydrogens is 725 g/mol. The number of para-hydroxylation sites is 3. The van der Waals surface area contributed by atoms with Crippen molar-refractivity contribution in [2.75, 3.05) is 0 Å². The van der Waals surface area contributed by atoms with Crippen molar-refractivity contribution in [1.82, 2.24) is 19.5 Å². The predicted octanol–water partition coefficient (Wildman–Crippen LogP) is 14.1. The fourth-order valence-electron chi connectivity index (χ4n) is 9.11. The Bertz CT molecular complexity index is 3860. The van der Waals surface area contributed by atoms with E-state index in [0.717, 1.165) is 104 Å². The number of hydrogen-bond donors (Lipinski definition) is 0. The van der Waals surface area contributed by atoms with Gasteiger partial charge in [-0.2, -0.15) is 0 Å². The van der Waals surface area contributed by atoms with Crippen molar-refractivity contribution in [3.63, 3.8) is 0 Å². The van der Waals surface area contributed by atoms with E-state index in [0.29, 0.717) is 17.5 Å². The van der Waals surface area contributed by atoms with E-state index in [4.69, 9.17) is 23.8 Å². The lowest BCUT2D eigenvalue weighted by atomic mass is 9.98. The molecule has 0 saturated heterocycles. The third-order valence-corrected chi connectivity index (χ3v) is 11.8. The Morgan fingerprint density at radius 2 is 1.05 bits per heavy atom. The first-order chi connectivity index (χ1) is 29.2. The molecule has 0 aliphatic heterocycles. The van der Waals surface area contributed by atoms with Gasteiger partial charge in [0.25, 0.3) is 0 Å². The normalized spacial score (nSPS) is 12.1. The van der Waals surface area contributed by atoms with Crippen LogP contribution in [0.25, 0.3) is 127 Å². The quantitative estimate of drug-likeness (QED) is 0.179. The van der Waals surface area contributed by atoms with Gasteiger partial charge in [0.1, 0.15) is 22.3 Å². The van der Waals surface area contributed by atoms with Gasteiger partial charge in [-0.15, -0.1) is 0 Å². The van der Waals surface area contributed by atoms with Crippen molar-refractivity contribution < 1.29 is 8.83 Å². The van der Waals surface area contributed by atoms with Crippen molar-refractivity contribution in [3.05, 3.63) is 182 Å². The number of rotatable bonds is 4. The van der Waals surface area contributed by atoms with Crippen molar-refractivity contribution in [2.24, 2.45) is 0 Å². The molecule has 0 saturated carbocycles. The Labute approximate surface area is 336 Å². The van der Waals surface area contributed by atoms with Crippen LogP contribution in [0.2, 0.25) is 0 Å². The van der Waals surface area contributed by atoms with Crippen molar-refractivity contribution in [2.45, 2.75) is 0 Å². The monoisotopic (exact) mass is 754 g/mol. The molecule has 0 bridgehead atoms. The van der Waals surface area contributed by atoms with Crippen LogP contribution >= 0.6 is 0 Å². The molecule has 13 rings (SSSR count). The second-order valence-electron chi connectivity index (χ2n) is 15.1. The number of nitrogens with zero attached hydrogens (tertiary/aromatic N) is 4. The van der Waals surface area contributed by atoms with Gasteiger partial charge >= 0.3 is 0 Å². The second-order valence-corrected chi connectivity index (χ2v) is 15.1. The lowest BCUT2D eigenvalue weighted by Gasteiger charge is -2.14. The van der Waals surface area contributed by atoms with Crippen LogP contribution in [-0.2, 0) is 0 Å². The molecule has 0 atom stereocenters. The Balaban J connectivity index is 1.14. The molecule has 0 amide bonds. The molecule has 0 fully saturated rings. The maximum absolute atomic E-state index is 6.68. The van der Waals surface area contributed by atoms with Gasteiger partial charge in [0.15, 0.2) is 17.5 Å². The Kier molecular flexibility index (Phi) is 6.63. The summed E-state index contributed by atoms with van der Waals surface area (Å²) in [6, 6.07) is 63.2. The molecular formula is C53H30N4O2. The van der Waals surface area contributed by atoms with E-state index in [-0.39, 0.29) is 0 Å². The molecule has 0 unspecified atom stereocenters. The van der Waals surface area contributed by atoms with Gasteiger partial charge in [-0.05, 0) is 76.8 Å². The van der Waals surface area contributed by atoms with Crippen LogP contribution in [0, 0.1) is 0 Å². The summed E-state index contributed by atoms with van der Waals surface area (Å²) in [4.78, 5) is 15.7. The maximum Gasteiger partial charge on any atom is 0.164 e. The summed E-state index contributed by atoms with van der Waals surface area (Å²) < 4.78 is 15.5. The minimum atomic E-state index is 0.585. The van der Waals surface area contributed by atoms with E-state index >= 15 is 0 Å².